The second-order valence-electron chi connectivity index (χ2n) is 4.97. The zero-order valence-electron chi connectivity index (χ0n) is 10.7. The summed E-state index contributed by atoms with van der Waals surface area (Å²) in [4.78, 5) is 0. The van der Waals surface area contributed by atoms with Crippen molar-refractivity contribution in [3.63, 3.8) is 0 Å². The van der Waals surface area contributed by atoms with Gasteiger partial charge in [-0.2, -0.15) is 0 Å². The molecule has 1 aromatic rings. The lowest BCUT2D eigenvalue weighted by Crippen LogP contribution is -2.39. The molecule has 1 N–H and O–H groups in total. The SMILES string of the molecule is CC1NCCCC1CCOCc1ccccc1. The molecule has 0 bridgehead atoms. The average Bonchev–Trinajstić information content (AvgIpc) is 2.38. The quantitative estimate of drug-likeness (QED) is 0.789. The van der Waals surface area contributed by atoms with Gasteiger partial charge >= 0.3 is 0 Å². The van der Waals surface area contributed by atoms with Crippen molar-refractivity contribution in [1.29, 1.82) is 0 Å². The van der Waals surface area contributed by atoms with Gasteiger partial charge in [0.1, 0.15) is 0 Å². The van der Waals surface area contributed by atoms with Crippen LogP contribution in [-0.4, -0.2) is 19.2 Å². The topological polar surface area (TPSA) is 21.3 Å². The number of hydrogen-bond donors (Lipinski definition) is 1. The summed E-state index contributed by atoms with van der Waals surface area (Å²) in [6.07, 6.45) is 3.84. The number of benzene rings is 1. The fraction of sp³-hybridized carbons (Fsp3) is 0.600. The first-order chi connectivity index (χ1) is 8.36. The molecule has 1 saturated heterocycles. The predicted octanol–water partition coefficient (Wildman–Crippen LogP) is 2.98. The van der Waals surface area contributed by atoms with E-state index in [1.54, 1.807) is 0 Å². The first-order valence-corrected chi connectivity index (χ1v) is 6.71. The van der Waals surface area contributed by atoms with Crippen LogP contribution in [0, 0.1) is 5.92 Å². The Kier molecular flexibility index (Phi) is 5.02. The summed E-state index contributed by atoms with van der Waals surface area (Å²) >= 11 is 0. The second kappa shape index (κ2) is 6.77. The minimum Gasteiger partial charge on any atom is -0.377 e. The summed E-state index contributed by atoms with van der Waals surface area (Å²) in [5.41, 5.74) is 1.27. The lowest BCUT2D eigenvalue weighted by Gasteiger charge is -2.29. The van der Waals surface area contributed by atoms with Crippen LogP contribution in [0.15, 0.2) is 30.3 Å². The molecule has 1 aliphatic heterocycles. The molecule has 2 unspecified atom stereocenters. The van der Waals surface area contributed by atoms with Gasteiger partial charge in [-0.25, -0.2) is 0 Å². The molecule has 0 amide bonds. The molecule has 2 rings (SSSR count). The van der Waals surface area contributed by atoms with E-state index >= 15 is 0 Å². The monoisotopic (exact) mass is 233 g/mol. The van der Waals surface area contributed by atoms with Gasteiger partial charge in [0.05, 0.1) is 6.61 Å². The number of hydrogen-bond acceptors (Lipinski definition) is 2. The first kappa shape index (κ1) is 12.6. The van der Waals surface area contributed by atoms with Crippen LogP contribution >= 0.6 is 0 Å². The zero-order chi connectivity index (χ0) is 11.9. The Labute approximate surface area is 104 Å². The highest BCUT2D eigenvalue weighted by molar-refractivity contribution is 5.13. The van der Waals surface area contributed by atoms with E-state index in [1.807, 2.05) is 6.07 Å². The standard InChI is InChI=1S/C15H23NO/c1-13-15(8-5-10-16-13)9-11-17-12-14-6-3-2-4-7-14/h2-4,6-7,13,15-16H,5,8-12H2,1H3. The fourth-order valence-corrected chi connectivity index (χ4v) is 2.50. The van der Waals surface area contributed by atoms with Gasteiger partial charge in [-0.1, -0.05) is 30.3 Å². The van der Waals surface area contributed by atoms with Crippen molar-refractivity contribution < 1.29 is 4.74 Å². The summed E-state index contributed by atoms with van der Waals surface area (Å²) in [5, 5.41) is 3.54. The molecule has 0 aliphatic carbocycles. The summed E-state index contributed by atoms with van der Waals surface area (Å²) in [5.74, 6) is 0.791. The van der Waals surface area contributed by atoms with Gasteiger partial charge in [0.15, 0.2) is 0 Å². The molecule has 0 spiro atoms. The minimum absolute atomic E-state index is 0.657. The number of rotatable bonds is 5. The van der Waals surface area contributed by atoms with E-state index in [2.05, 4.69) is 36.5 Å². The predicted molar refractivity (Wildman–Crippen MR) is 70.9 cm³/mol. The van der Waals surface area contributed by atoms with Crippen LogP contribution in [-0.2, 0) is 11.3 Å². The highest BCUT2D eigenvalue weighted by Crippen LogP contribution is 2.19. The highest BCUT2D eigenvalue weighted by atomic mass is 16.5. The Bertz CT molecular complexity index is 312. The van der Waals surface area contributed by atoms with E-state index < -0.39 is 0 Å². The minimum atomic E-state index is 0.657. The maximum atomic E-state index is 5.74. The van der Waals surface area contributed by atoms with Crippen LogP contribution in [0.4, 0.5) is 0 Å². The van der Waals surface area contributed by atoms with Crippen LogP contribution in [0.2, 0.25) is 0 Å². The van der Waals surface area contributed by atoms with Crippen molar-refractivity contribution in [1.82, 2.24) is 5.32 Å². The van der Waals surface area contributed by atoms with E-state index in [-0.39, 0.29) is 0 Å². The lowest BCUT2D eigenvalue weighted by molar-refractivity contribution is 0.0970. The third-order valence-electron chi connectivity index (χ3n) is 3.67. The van der Waals surface area contributed by atoms with Crippen molar-refractivity contribution in [3.05, 3.63) is 35.9 Å². The van der Waals surface area contributed by atoms with Crippen molar-refractivity contribution in [2.75, 3.05) is 13.2 Å². The molecule has 1 heterocycles. The molecule has 2 nitrogen and oxygen atoms in total. The van der Waals surface area contributed by atoms with E-state index in [0.29, 0.717) is 6.04 Å². The molecule has 1 aromatic carbocycles. The highest BCUT2D eigenvalue weighted by Gasteiger charge is 2.19. The van der Waals surface area contributed by atoms with Gasteiger partial charge in [0, 0.05) is 12.6 Å². The van der Waals surface area contributed by atoms with Gasteiger partial charge in [-0.3, -0.25) is 0 Å². The van der Waals surface area contributed by atoms with E-state index in [4.69, 9.17) is 4.74 Å². The molecule has 0 saturated carbocycles. The van der Waals surface area contributed by atoms with Gasteiger partial charge in [-0.05, 0) is 44.2 Å². The van der Waals surface area contributed by atoms with Crippen molar-refractivity contribution in [2.45, 2.75) is 38.8 Å². The molecule has 94 valence electrons. The lowest BCUT2D eigenvalue weighted by atomic mass is 9.89. The molecule has 17 heavy (non-hydrogen) atoms. The third-order valence-corrected chi connectivity index (χ3v) is 3.67. The first-order valence-electron chi connectivity index (χ1n) is 6.71. The van der Waals surface area contributed by atoms with Crippen LogP contribution < -0.4 is 5.32 Å². The average molecular weight is 233 g/mol. The number of piperidine rings is 1. The molecule has 2 atom stereocenters. The zero-order valence-corrected chi connectivity index (χ0v) is 10.7. The molecule has 1 fully saturated rings. The smallest absolute Gasteiger partial charge is 0.0716 e. The van der Waals surface area contributed by atoms with Crippen LogP contribution in [0.3, 0.4) is 0 Å². The molecule has 0 radical (unpaired) electrons. The second-order valence-corrected chi connectivity index (χ2v) is 4.97. The van der Waals surface area contributed by atoms with E-state index in [1.165, 1.54) is 31.4 Å². The van der Waals surface area contributed by atoms with Crippen LogP contribution in [0.25, 0.3) is 0 Å². The summed E-state index contributed by atoms with van der Waals surface area (Å²) in [7, 11) is 0. The Morgan fingerprint density at radius 2 is 2.12 bits per heavy atom. The normalized spacial score (nSPS) is 24.8. The number of nitrogens with one attached hydrogen (secondary N) is 1. The Hall–Kier alpha value is -0.860. The summed E-state index contributed by atoms with van der Waals surface area (Å²) in [6, 6.07) is 11.1. The fourth-order valence-electron chi connectivity index (χ4n) is 2.50. The Balaban J connectivity index is 1.63. The summed E-state index contributed by atoms with van der Waals surface area (Å²) < 4.78 is 5.74. The molecule has 2 heteroatoms. The van der Waals surface area contributed by atoms with Gasteiger partial charge in [0.25, 0.3) is 0 Å². The van der Waals surface area contributed by atoms with Gasteiger partial charge in [0.2, 0.25) is 0 Å². The van der Waals surface area contributed by atoms with Crippen molar-refractivity contribution in [3.8, 4) is 0 Å². The van der Waals surface area contributed by atoms with Gasteiger partial charge < -0.3 is 10.1 Å². The van der Waals surface area contributed by atoms with Gasteiger partial charge in [-0.15, -0.1) is 0 Å². The number of ether oxygens (including phenoxy) is 1. The third kappa shape index (κ3) is 4.14. The molecular weight excluding hydrogens is 210 g/mol. The van der Waals surface area contributed by atoms with E-state index in [0.717, 1.165) is 19.1 Å². The van der Waals surface area contributed by atoms with Crippen LogP contribution in [0.1, 0.15) is 31.7 Å². The largest absolute Gasteiger partial charge is 0.377 e. The summed E-state index contributed by atoms with van der Waals surface area (Å²) in [6.45, 7) is 5.10. The van der Waals surface area contributed by atoms with E-state index in [9.17, 15) is 0 Å². The maximum absolute atomic E-state index is 5.74. The van der Waals surface area contributed by atoms with Crippen molar-refractivity contribution in [2.24, 2.45) is 5.92 Å². The molecule has 1 aliphatic rings. The van der Waals surface area contributed by atoms with Crippen LogP contribution in [0.5, 0.6) is 0 Å². The van der Waals surface area contributed by atoms with Crippen molar-refractivity contribution >= 4 is 0 Å². The molecule has 0 aromatic heterocycles. The maximum Gasteiger partial charge on any atom is 0.0716 e. The Morgan fingerprint density at radius 1 is 1.29 bits per heavy atom. The molecular formula is C15H23NO. The Morgan fingerprint density at radius 3 is 2.88 bits per heavy atom.